The number of benzene rings is 2. The minimum Gasteiger partial charge on any atom is -0.374 e. The molecule has 21 heavy (non-hydrogen) atoms. The number of rotatable bonds is 4. The number of nitrogens with one attached hydrogen (secondary N) is 2. The molecule has 1 aliphatic heterocycles. The van der Waals surface area contributed by atoms with E-state index in [0.717, 1.165) is 18.7 Å². The van der Waals surface area contributed by atoms with Crippen molar-refractivity contribution < 1.29 is 9.53 Å². The molecule has 1 heterocycles. The topological polar surface area (TPSA) is 50.4 Å². The molecule has 2 N–H and O–H groups in total. The first-order valence-corrected chi connectivity index (χ1v) is 7.38. The average Bonchev–Trinajstić information content (AvgIpc) is 2.54. The van der Waals surface area contributed by atoms with Crippen LogP contribution in [0.4, 0.5) is 0 Å². The number of morpholine rings is 1. The molecule has 1 fully saturated rings. The predicted octanol–water partition coefficient (Wildman–Crippen LogP) is 1.49. The molecule has 0 bridgehead atoms. The van der Waals surface area contributed by atoms with Crippen LogP contribution in [0.1, 0.15) is 5.56 Å². The van der Waals surface area contributed by atoms with E-state index in [0.29, 0.717) is 19.6 Å². The maximum atomic E-state index is 12.0. The molecule has 4 nitrogen and oxygen atoms in total. The average molecular weight is 284 g/mol. The summed E-state index contributed by atoms with van der Waals surface area (Å²) in [6, 6.07) is 14.3. The van der Waals surface area contributed by atoms with Crippen LogP contribution in [-0.4, -0.2) is 38.3 Å². The van der Waals surface area contributed by atoms with E-state index in [1.54, 1.807) is 0 Å². The van der Waals surface area contributed by atoms with Crippen LogP contribution < -0.4 is 10.6 Å². The van der Waals surface area contributed by atoms with Crippen LogP contribution in [0.5, 0.6) is 0 Å². The van der Waals surface area contributed by atoms with Gasteiger partial charge in [-0.25, -0.2) is 0 Å². The number of hydrogen-bond acceptors (Lipinski definition) is 3. The molecular weight excluding hydrogens is 264 g/mol. The number of amides is 1. The molecule has 2 aromatic carbocycles. The summed E-state index contributed by atoms with van der Waals surface area (Å²) in [7, 11) is 0. The molecule has 1 aliphatic rings. The van der Waals surface area contributed by atoms with Gasteiger partial charge in [0.15, 0.2) is 0 Å². The zero-order valence-corrected chi connectivity index (χ0v) is 12.0. The minimum atomic E-state index is 0.0412. The maximum absolute atomic E-state index is 12.0. The lowest BCUT2D eigenvalue weighted by atomic mass is 10.0. The number of ether oxygens (including phenoxy) is 1. The van der Waals surface area contributed by atoms with Crippen molar-refractivity contribution in [3.05, 3.63) is 48.0 Å². The Hall–Kier alpha value is -1.91. The second-order valence-electron chi connectivity index (χ2n) is 5.36. The normalized spacial score (nSPS) is 18.6. The monoisotopic (exact) mass is 284 g/mol. The van der Waals surface area contributed by atoms with Crippen molar-refractivity contribution in [2.45, 2.75) is 12.5 Å². The molecule has 110 valence electrons. The summed E-state index contributed by atoms with van der Waals surface area (Å²) in [6.07, 6.45) is 0.490. The van der Waals surface area contributed by atoms with E-state index < -0.39 is 0 Å². The van der Waals surface area contributed by atoms with E-state index in [2.05, 4.69) is 34.9 Å². The summed E-state index contributed by atoms with van der Waals surface area (Å²) in [5.74, 6) is 0.0412. The number of fused-ring (bicyclic) bond motifs is 1. The molecule has 1 atom stereocenters. The third kappa shape index (κ3) is 3.80. The van der Waals surface area contributed by atoms with Gasteiger partial charge in [0.05, 0.1) is 19.1 Å². The maximum Gasteiger partial charge on any atom is 0.224 e. The van der Waals surface area contributed by atoms with Crippen molar-refractivity contribution in [3.8, 4) is 0 Å². The van der Waals surface area contributed by atoms with Crippen molar-refractivity contribution >= 4 is 16.7 Å². The molecule has 3 rings (SSSR count). The van der Waals surface area contributed by atoms with Gasteiger partial charge in [0.2, 0.25) is 5.91 Å². The SMILES string of the molecule is O=C(Cc1ccc2ccccc2c1)NCC1CNCCO1. The molecule has 1 unspecified atom stereocenters. The van der Waals surface area contributed by atoms with Crippen LogP contribution in [0, 0.1) is 0 Å². The van der Waals surface area contributed by atoms with Gasteiger partial charge >= 0.3 is 0 Å². The molecular formula is C17H20N2O2. The van der Waals surface area contributed by atoms with Crippen LogP contribution in [0.3, 0.4) is 0 Å². The first-order valence-electron chi connectivity index (χ1n) is 7.38. The summed E-state index contributed by atoms with van der Waals surface area (Å²) in [6.45, 7) is 2.97. The van der Waals surface area contributed by atoms with Gasteiger partial charge in [-0.3, -0.25) is 4.79 Å². The van der Waals surface area contributed by atoms with E-state index in [-0.39, 0.29) is 12.0 Å². The van der Waals surface area contributed by atoms with Gasteiger partial charge in [0, 0.05) is 19.6 Å². The lowest BCUT2D eigenvalue weighted by Gasteiger charge is -2.23. The van der Waals surface area contributed by atoms with Gasteiger partial charge < -0.3 is 15.4 Å². The minimum absolute atomic E-state index is 0.0412. The van der Waals surface area contributed by atoms with E-state index in [9.17, 15) is 4.79 Å². The zero-order valence-electron chi connectivity index (χ0n) is 12.0. The second-order valence-corrected chi connectivity index (χ2v) is 5.36. The Bertz CT molecular complexity index is 621. The Labute approximate surface area is 124 Å². The number of hydrogen-bond donors (Lipinski definition) is 2. The van der Waals surface area contributed by atoms with Crippen LogP contribution in [0.15, 0.2) is 42.5 Å². The van der Waals surface area contributed by atoms with Gasteiger partial charge in [-0.2, -0.15) is 0 Å². The van der Waals surface area contributed by atoms with Crippen molar-refractivity contribution in [2.24, 2.45) is 0 Å². The quantitative estimate of drug-likeness (QED) is 0.894. The van der Waals surface area contributed by atoms with Crippen LogP contribution in [0.2, 0.25) is 0 Å². The Kier molecular flexibility index (Phi) is 4.48. The standard InChI is InChI=1S/C17H20N2O2/c20-17(19-12-16-11-18-7-8-21-16)10-13-5-6-14-3-1-2-4-15(14)9-13/h1-6,9,16,18H,7-8,10-12H2,(H,19,20). The van der Waals surface area contributed by atoms with Crippen molar-refractivity contribution in [1.82, 2.24) is 10.6 Å². The van der Waals surface area contributed by atoms with E-state index in [1.807, 2.05) is 18.2 Å². The molecule has 0 aliphatic carbocycles. The largest absolute Gasteiger partial charge is 0.374 e. The lowest BCUT2D eigenvalue weighted by molar-refractivity contribution is -0.121. The fourth-order valence-electron chi connectivity index (χ4n) is 2.58. The lowest BCUT2D eigenvalue weighted by Crippen LogP contribution is -2.45. The Morgan fingerprint density at radius 1 is 1.24 bits per heavy atom. The first kappa shape index (κ1) is 14.0. The Balaban J connectivity index is 1.55. The molecule has 1 saturated heterocycles. The third-order valence-corrected chi connectivity index (χ3v) is 3.71. The van der Waals surface area contributed by atoms with Gasteiger partial charge in [0.1, 0.15) is 0 Å². The van der Waals surface area contributed by atoms with Crippen LogP contribution in [-0.2, 0) is 16.0 Å². The van der Waals surface area contributed by atoms with E-state index in [4.69, 9.17) is 4.74 Å². The second kappa shape index (κ2) is 6.70. The van der Waals surface area contributed by atoms with Crippen LogP contribution >= 0.6 is 0 Å². The number of carbonyl (C=O) groups excluding carboxylic acids is 1. The Morgan fingerprint density at radius 3 is 2.90 bits per heavy atom. The fourth-order valence-corrected chi connectivity index (χ4v) is 2.58. The highest BCUT2D eigenvalue weighted by atomic mass is 16.5. The van der Waals surface area contributed by atoms with Gasteiger partial charge in [-0.05, 0) is 16.3 Å². The molecule has 4 heteroatoms. The fraction of sp³-hybridized carbons (Fsp3) is 0.353. The predicted molar refractivity (Wildman–Crippen MR) is 83.3 cm³/mol. The molecule has 0 radical (unpaired) electrons. The van der Waals surface area contributed by atoms with Crippen molar-refractivity contribution in [1.29, 1.82) is 0 Å². The highest BCUT2D eigenvalue weighted by molar-refractivity contribution is 5.85. The van der Waals surface area contributed by atoms with Crippen molar-refractivity contribution in [2.75, 3.05) is 26.2 Å². The van der Waals surface area contributed by atoms with E-state index in [1.165, 1.54) is 10.8 Å². The summed E-state index contributed by atoms with van der Waals surface area (Å²) in [4.78, 5) is 12.0. The molecule has 0 saturated carbocycles. The molecule has 2 aromatic rings. The van der Waals surface area contributed by atoms with E-state index >= 15 is 0 Å². The van der Waals surface area contributed by atoms with Gasteiger partial charge in [-0.1, -0.05) is 42.5 Å². The smallest absolute Gasteiger partial charge is 0.224 e. The van der Waals surface area contributed by atoms with Gasteiger partial charge in [-0.15, -0.1) is 0 Å². The molecule has 1 amide bonds. The third-order valence-electron chi connectivity index (χ3n) is 3.71. The summed E-state index contributed by atoms with van der Waals surface area (Å²) < 4.78 is 5.56. The zero-order chi connectivity index (χ0) is 14.5. The molecule has 0 spiro atoms. The summed E-state index contributed by atoms with van der Waals surface area (Å²) in [5, 5.41) is 8.56. The summed E-state index contributed by atoms with van der Waals surface area (Å²) >= 11 is 0. The number of carbonyl (C=O) groups is 1. The summed E-state index contributed by atoms with van der Waals surface area (Å²) in [5.41, 5.74) is 1.04. The Morgan fingerprint density at radius 2 is 2.10 bits per heavy atom. The first-order chi connectivity index (χ1) is 10.3. The van der Waals surface area contributed by atoms with Crippen molar-refractivity contribution in [3.63, 3.8) is 0 Å². The molecule has 0 aromatic heterocycles. The highest BCUT2D eigenvalue weighted by Gasteiger charge is 2.14. The van der Waals surface area contributed by atoms with Gasteiger partial charge in [0.25, 0.3) is 0 Å². The highest BCUT2D eigenvalue weighted by Crippen LogP contribution is 2.15. The van der Waals surface area contributed by atoms with Crippen LogP contribution in [0.25, 0.3) is 10.8 Å².